The first-order valence-electron chi connectivity index (χ1n) is 2.98. The number of carbonyl (C=O) groups is 1. The molecule has 1 aliphatic rings. The summed E-state index contributed by atoms with van der Waals surface area (Å²) in [6.45, 7) is 2.15. The molecule has 2 heteroatoms. The number of rotatable bonds is 2. The van der Waals surface area contributed by atoms with E-state index in [9.17, 15) is 4.79 Å². The summed E-state index contributed by atoms with van der Waals surface area (Å²) < 4.78 is 0. The molecule has 1 saturated carbocycles. The maximum atomic E-state index is 10.2. The van der Waals surface area contributed by atoms with Crippen molar-refractivity contribution in [2.75, 3.05) is 0 Å². The summed E-state index contributed by atoms with van der Waals surface area (Å²) in [6.07, 6.45) is 1.80. The predicted octanol–water partition coefficient (Wildman–Crippen LogP) is 0.518. The van der Waals surface area contributed by atoms with Crippen LogP contribution in [-0.4, -0.2) is 5.91 Å². The monoisotopic (exact) mass is 113 g/mol. The Kier molecular flexibility index (Phi) is 1.24. The van der Waals surface area contributed by atoms with Crippen LogP contribution in [0.2, 0.25) is 0 Å². The van der Waals surface area contributed by atoms with Crippen molar-refractivity contribution < 1.29 is 4.79 Å². The van der Waals surface area contributed by atoms with Gasteiger partial charge in [0.2, 0.25) is 5.91 Å². The average molecular weight is 113 g/mol. The van der Waals surface area contributed by atoms with Crippen molar-refractivity contribution in [3.63, 3.8) is 0 Å². The fourth-order valence-electron chi connectivity index (χ4n) is 0.942. The van der Waals surface area contributed by atoms with Gasteiger partial charge in [-0.25, -0.2) is 0 Å². The summed E-state index contributed by atoms with van der Waals surface area (Å²) in [6, 6.07) is 0. The molecule has 0 aromatic rings. The van der Waals surface area contributed by atoms with E-state index < -0.39 is 0 Å². The van der Waals surface area contributed by atoms with Crippen LogP contribution in [0.25, 0.3) is 0 Å². The Hall–Kier alpha value is -0.530. The number of hydrogen-bond acceptors (Lipinski definition) is 1. The minimum Gasteiger partial charge on any atom is -0.370 e. The molecule has 0 unspecified atom stereocenters. The molecule has 0 heterocycles. The molecule has 1 fully saturated rings. The second kappa shape index (κ2) is 1.77. The van der Waals surface area contributed by atoms with Crippen LogP contribution in [0.4, 0.5) is 0 Å². The maximum absolute atomic E-state index is 10.2. The molecule has 46 valence electrons. The van der Waals surface area contributed by atoms with Gasteiger partial charge in [0.15, 0.2) is 0 Å². The molecule has 1 aliphatic carbocycles. The van der Waals surface area contributed by atoms with Gasteiger partial charge in [0.05, 0.1) is 0 Å². The molecule has 2 nitrogen and oxygen atoms in total. The Labute approximate surface area is 49.1 Å². The van der Waals surface area contributed by atoms with Crippen LogP contribution in [0.3, 0.4) is 0 Å². The highest BCUT2D eigenvalue weighted by Gasteiger charge is 2.33. The third kappa shape index (κ3) is 1.22. The van der Waals surface area contributed by atoms with Gasteiger partial charge in [0, 0.05) is 6.42 Å². The summed E-state index contributed by atoms with van der Waals surface area (Å²) in [5.74, 6) is 1.22. The van der Waals surface area contributed by atoms with Gasteiger partial charge < -0.3 is 5.73 Å². The third-order valence-electron chi connectivity index (χ3n) is 1.74. The summed E-state index contributed by atoms with van der Waals surface area (Å²) in [7, 11) is 0. The number of hydrogen-bond donors (Lipinski definition) is 1. The molecule has 0 aromatic carbocycles. The second-order valence-corrected chi connectivity index (χ2v) is 2.64. The Morgan fingerprint density at radius 2 is 2.38 bits per heavy atom. The lowest BCUT2D eigenvalue weighted by atomic mass is 10.2. The molecule has 0 aromatic heterocycles. The van der Waals surface area contributed by atoms with E-state index in [0.717, 1.165) is 5.92 Å². The van der Waals surface area contributed by atoms with E-state index in [0.29, 0.717) is 12.3 Å². The highest BCUT2D eigenvalue weighted by Crippen LogP contribution is 2.39. The van der Waals surface area contributed by atoms with Gasteiger partial charge in [-0.1, -0.05) is 6.92 Å². The van der Waals surface area contributed by atoms with Crippen molar-refractivity contribution in [1.82, 2.24) is 0 Å². The predicted molar refractivity (Wildman–Crippen MR) is 31.1 cm³/mol. The lowest BCUT2D eigenvalue weighted by molar-refractivity contribution is -0.118. The summed E-state index contributed by atoms with van der Waals surface area (Å²) in [5, 5.41) is 0. The summed E-state index contributed by atoms with van der Waals surface area (Å²) in [4.78, 5) is 10.2. The minimum absolute atomic E-state index is 0.153. The van der Waals surface area contributed by atoms with Crippen molar-refractivity contribution in [3.8, 4) is 0 Å². The van der Waals surface area contributed by atoms with Gasteiger partial charge in [-0.05, 0) is 18.3 Å². The molecule has 2 N–H and O–H groups in total. The summed E-state index contributed by atoms with van der Waals surface area (Å²) in [5.41, 5.74) is 4.96. The van der Waals surface area contributed by atoms with E-state index in [1.165, 1.54) is 6.42 Å². The Bertz CT molecular complexity index is 111. The first-order chi connectivity index (χ1) is 3.70. The third-order valence-corrected chi connectivity index (χ3v) is 1.74. The standard InChI is InChI=1S/C6H11NO/c1-4-2-5(4)3-6(7)8/h4-5H,2-3H2,1H3,(H2,7,8)/t4-,5-/m0/s1. The maximum Gasteiger partial charge on any atom is 0.217 e. The van der Waals surface area contributed by atoms with Crippen LogP contribution in [0, 0.1) is 11.8 Å². The quantitative estimate of drug-likeness (QED) is 0.557. The summed E-state index contributed by atoms with van der Waals surface area (Å²) >= 11 is 0. The Morgan fingerprint density at radius 3 is 2.50 bits per heavy atom. The average Bonchev–Trinajstić information content (AvgIpc) is 2.17. The molecule has 0 bridgehead atoms. The van der Waals surface area contributed by atoms with Crippen molar-refractivity contribution in [2.24, 2.45) is 17.6 Å². The normalized spacial score (nSPS) is 34.6. The fourth-order valence-corrected chi connectivity index (χ4v) is 0.942. The fraction of sp³-hybridized carbons (Fsp3) is 0.833. The molecule has 0 aliphatic heterocycles. The number of primary amides is 1. The van der Waals surface area contributed by atoms with E-state index in [4.69, 9.17) is 5.73 Å². The molecule has 1 rings (SSSR count). The van der Waals surface area contributed by atoms with Crippen LogP contribution in [0.15, 0.2) is 0 Å². The molecule has 1 amide bonds. The van der Waals surface area contributed by atoms with Crippen LogP contribution in [0.5, 0.6) is 0 Å². The van der Waals surface area contributed by atoms with E-state index in [1.807, 2.05) is 0 Å². The highest BCUT2D eigenvalue weighted by molar-refractivity contribution is 5.74. The van der Waals surface area contributed by atoms with Crippen LogP contribution < -0.4 is 5.73 Å². The molecular weight excluding hydrogens is 102 g/mol. The van der Waals surface area contributed by atoms with Crippen LogP contribution >= 0.6 is 0 Å². The highest BCUT2D eigenvalue weighted by atomic mass is 16.1. The van der Waals surface area contributed by atoms with Gasteiger partial charge in [0.25, 0.3) is 0 Å². The second-order valence-electron chi connectivity index (χ2n) is 2.64. The SMILES string of the molecule is C[C@H]1C[C@H]1CC(N)=O. The number of carbonyl (C=O) groups excluding carboxylic acids is 1. The molecule has 8 heavy (non-hydrogen) atoms. The van der Waals surface area contributed by atoms with E-state index in [-0.39, 0.29) is 5.91 Å². The molecular formula is C6H11NO. The Balaban J connectivity index is 2.14. The van der Waals surface area contributed by atoms with Gasteiger partial charge >= 0.3 is 0 Å². The van der Waals surface area contributed by atoms with Crippen molar-refractivity contribution in [3.05, 3.63) is 0 Å². The number of nitrogens with two attached hydrogens (primary N) is 1. The smallest absolute Gasteiger partial charge is 0.217 e. The molecule has 0 saturated heterocycles. The van der Waals surface area contributed by atoms with Gasteiger partial charge in [-0.2, -0.15) is 0 Å². The zero-order chi connectivity index (χ0) is 6.15. The molecule has 2 atom stereocenters. The lowest BCUT2D eigenvalue weighted by Gasteiger charge is -1.87. The van der Waals surface area contributed by atoms with E-state index >= 15 is 0 Å². The van der Waals surface area contributed by atoms with E-state index in [2.05, 4.69) is 6.92 Å². The van der Waals surface area contributed by atoms with Crippen LogP contribution in [0.1, 0.15) is 19.8 Å². The molecule has 0 spiro atoms. The largest absolute Gasteiger partial charge is 0.370 e. The first kappa shape index (κ1) is 5.60. The van der Waals surface area contributed by atoms with E-state index in [1.54, 1.807) is 0 Å². The minimum atomic E-state index is -0.153. The first-order valence-corrected chi connectivity index (χ1v) is 2.98. The van der Waals surface area contributed by atoms with Crippen molar-refractivity contribution in [1.29, 1.82) is 0 Å². The topological polar surface area (TPSA) is 43.1 Å². The lowest BCUT2D eigenvalue weighted by Crippen LogP contribution is -2.10. The zero-order valence-corrected chi connectivity index (χ0v) is 5.05. The Morgan fingerprint density at radius 1 is 1.88 bits per heavy atom. The zero-order valence-electron chi connectivity index (χ0n) is 5.05. The number of amides is 1. The van der Waals surface area contributed by atoms with Gasteiger partial charge in [0.1, 0.15) is 0 Å². The van der Waals surface area contributed by atoms with Crippen LogP contribution in [-0.2, 0) is 4.79 Å². The van der Waals surface area contributed by atoms with Crippen molar-refractivity contribution in [2.45, 2.75) is 19.8 Å². The molecule has 0 radical (unpaired) electrons. The van der Waals surface area contributed by atoms with Gasteiger partial charge in [-0.15, -0.1) is 0 Å². The van der Waals surface area contributed by atoms with Crippen molar-refractivity contribution >= 4 is 5.91 Å². The van der Waals surface area contributed by atoms with Gasteiger partial charge in [-0.3, -0.25) is 4.79 Å².